The molecule has 1 aromatic heterocycles. The predicted molar refractivity (Wildman–Crippen MR) is 86.7 cm³/mol. The molecular formula is C14H7Cl2IN2. The van der Waals surface area contributed by atoms with E-state index in [0.29, 0.717) is 26.8 Å². The van der Waals surface area contributed by atoms with E-state index < -0.39 is 0 Å². The van der Waals surface area contributed by atoms with E-state index in [1.807, 2.05) is 12.1 Å². The molecule has 0 aliphatic heterocycles. The highest BCUT2D eigenvalue weighted by Gasteiger charge is 2.10. The molecule has 0 atom stereocenters. The second-order valence-electron chi connectivity index (χ2n) is 3.67. The van der Waals surface area contributed by atoms with Crippen molar-refractivity contribution in [3.8, 4) is 6.07 Å². The van der Waals surface area contributed by atoms with Crippen LogP contribution in [0.5, 0.6) is 0 Å². The maximum Gasteiger partial charge on any atom is 0.101 e. The van der Waals surface area contributed by atoms with Crippen molar-refractivity contribution in [3.05, 3.63) is 62.4 Å². The van der Waals surface area contributed by atoms with Gasteiger partial charge >= 0.3 is 0 Å². The molecule has 94 valence electrons. The van der Waals surface area contributed by atoms with E-state index >= 15 is 0 Å². The summed E-state index contributed by atoms with van der Waals surface area (Å²) in [7, 11) is 0. The molecule has 0 saturated carbocycles. The molecule has 0 aliphatic rings. The Balaban J connectivity index is 2.56. The molecule has 1 heterocycles. The van der Waals surface area contributed by atoms with Crippen molar-refractivity contribution in [1.82, 2.24) is 4.98 Å². The van der Waals surface area contributed by atoms with Crippen LogP contribution in [0.4, 0.5) is 0 Å². The Morgan fingerprint density at radius 2 is 2.05 bits per heavy atom. The summed E-state index contributed by atoms with van der Waals surface area (Å²) >= 11 is 14.5. The molecule has 19 heavy (non-hydrogen) atoms. The maximum atomic E-state index is 9.28. The molecule has 5 heteroatoms. The molecule has 0 spiro atoms. The molecule has 0 unspecified atom stereocenters. The van der Waals surface area contributed by atoms with Gasteiger partial charge in [0, 0.05) is 21.5 Å². The van der Waals surface area contributed by atoms with Gasteiger partial charge in [-0.1, -0.05) is 35.3 Å². The topological polar surface area (TPSA) is 36.7 Å². The Labute approximate surface area is 134 Å². The first-order valence-electron chi connectivity index (χ1n) is 5.29. The zero-order valence-corrected chi connectivity index (χ0v) is 13.2. The van der Waals surface area contributed by atoms with Gasteiger partial charge in [0.2, 0.25) is 0 Å². The minimum Gasteiger partial charge on any atom is -0.264 e. The average molecular weight is 401 g/mol. The van der Waals surface area contributed by atoms with Gasteiger partial charge < -0.3 is 0 Å². The van der Waals surface area contributed by atoms with Gasteiger partial charge in [-0.2, -0.15) is 5.26 Å². The number of rotatable bonds is 2. The summed E-state index contributed by atoms with van der Waals surface area (Å²) in [4.78, 5) is 3.99. The number of halogens is 3. The lowest BCUT2D eigenvalue weighted by Gasteiger charge is -2.05. The Bertz CT molecular complexity index is 676. The molecule has 2 aromatic rings. The maximum absolute atomic E-state index is 9.28. The molecule has 0 amide bonds. The second kappa shape index (κ2) is 6.38. The van der Waals surface area contributed by atoms with Gasteiger partial charge in [-0.3, -0.25) is 4.98 Å². The zero-order chi connectivity index (χ0) is 13.8. The minimum absolute atomic E-state index is 0.369. The summed E-state index contributed by atoms with van der Waals surface area (Å²) in [5.41, 5.74) is 1.78. The minimum atomic E-state index is 0.369. The molecule has 0 saturated heterocycles. The lowest BCUT2D eigenvalue weighted by Crippen LogP contribution is -1.88. The molecule has 2 nitrogen and oxygen atoms in total. The van der Waals surface area contributed by atoms with Gasteiger partial charge in [0.1, 0.15) is 6.07 Å². The van der Waals surface area contributed by atoms with Crippen molar-refractivity contribution in [2.45, 2.75) is 0 Å². The Morgan fingerprint density at radius 1 is 1.26 bits per heavy atom. The number of pyridine rings is 1. The normalized spacial score (nSPS) is 11.7. The Hall–Kier alpha value is -1.09. The highest BCUT2D eigenvalue weighted by Crippen LogP contribution is 2.31. The standard InChI is InChI=1S/C14H7Cl2IN2/c15-12-6-9(3-4-13(12)17)14(16)11(7-18)10-2-1-5-19-8-10/h1-6,8H/b14-11-. The SMILES string of the molecule is N#C/C(=C(/Cl)c1ccc(I)c(Cl)c1)c1cccnc1. The monoisotopic (exact) mass is 400 g/mol. The molecular weight excluding hydrogens is 394 g/mol. The molecule has 0 N–H and O–H groups in total. The zero-order valence-electron chi connectivity index (χ0n) is 9.57. The van der Waals surface area contributed by atoms with Crippen LogP contribution in [0.3, 0.4) is 0 Å². The number of hydrogen-bond acceptors (Lipinski definition) is 2. The fourth-order valence-corrected chi connectivity index (χ4v) is 2.31. The van der Waals surface area contributed by atoms with Crippen LogP contribution in [0.1, 0.15) is 11.1 Å². The summed E-state index contributed by atoms with van der Waals surface area (Å²) in [6, 6.07) is 11.1. The van der Waals surface area contributed by atoms with Gasteiger partial charge in [-0.25, -0.2) is 0 Å². The fourth-order valence-electron chi connectivity index (χ4n) is 1.53. The first-order valence-corrected chi connectivity index (χ1v) is 7.12. The predicted octanol–water partition coefficient (Wildman–Crippen LogP) is 4.97. The molecule has 0 radical (unpaired) electrons. The fraction of sp³-hybridized carbons (Fsp3) is 0. The highest BCUT2D eigenvalue weighted by atomic mass is 127. The van der Waals surface area contributed by atoms with Crippen molar-refractivity contribution >= 4 is 56.4 Å². The van der Waals surface area contributed by atoms with E-state index in [0.717, 1.165) is 3.57 Å². The number of benzene rings is 1. The summed E-state index contributed by atoms with van der Waals surface area (Å²) < 4.78 is 0.937. The van der Waals surface area contributed by atoms with E-state index in [4.69, 9.17) is 23.2 Å². The number of nitriles is 1. The summed E-state index contributed by atoms with van der Waals surface area (Å²) in [6.07, 6.45) is 3.25. The van der Waals surface area contributed by atoms with Crippen molar-refractivity contribution in [1.29, 1.82) is 5.26 Å². The Kier molecular flexibility index (Phi) is 4.81. The first kappa shape index (κ1) is 14.3. The van der Waals surface area contributed by atoms with Crippen molar-refractivity contribution in [3.63, 3.8) is 0 Å². The highest BCUT2D eigenvalue weighted by molar-refractivity contribution is 14.1. The van der Waals surface area contributed by atoms with E-state index in [1.54, 1.807) is 30.6 Å². The van der Waals surface area contributed by atoms with Crippen molar-refractivity contribution < 1.29 is 0 Å². The molecule has 1 aromatic carbocycles. The number of allylic oxidation sites excluding steroid dienone is 1. The van der Waals surface area contributed by atoms with Gasteiger partial charge in [-0.15, -0.1) is 0 Å². The van der Waals surface area contributed by atoms with Gasteiger partial charge in [0.15, 0.2) is 0 Å². The lowest BCUT2D eigenvalue weighted by molar-refractivity contribution is 1.31. The Morgan fingerprint density at radius 3 is 2.63 bits per heavy atom. The second-order valence-corrected chi connectivity index (χ2v) is 5.62. The largest absolute Gasteiger partial charge is 0.264 e. The molecule has 0 bridgehead atoms. The van der Waals surface area contributed by atoms with Crippen LogP contribution in [-0.4, -0.2) is 4.98 Å². The van der Waals surface area contributed by atoms with E-state index in [-0.39, 0.29) is 0 Å². The van der Waals surface area contributed by atoms with Crippen molar-refractivity contribution in [2.75, 3.05) is 0 Å². The van der Waals surface area contributed by atoms with Crippen molar-refractivity contribution in [2.24, 2.45) is 0 Å². The number of aromatic nitrogens is 1. The smallest absolute Gasteiger partial charge is 0.101 e. The molecule has 0 fully saturated rings. The first-order chi connectivity index (χ1) is 9.13. The van der Waals surface area contributed by atoms with Crippen LogP contribution in [0, 0.1) is 14.9 Å². The third-order valence-corrected chi connectivity index (χ3v) is 4.43. The quantitative estimate of drug-likeness (QED) is 0.527. The van der Waals surface area contributed by atoms with E-state index in [9.17, 15) is 5.26 Å². The average Bonchev–Trinajstić information content (AvgIpc) is 2.44. The summed E-state index contributed by atoms with van der Waals surface area (Å²) in [6.45, 7) is 0. The van der Waals surface area contributed by atoms with E-state index in [2.05, 4.69) is 33.6 Å². The van der Waals surface area contributed by atoms with Crippen LogP contribution in [-0.2, 0) is 0 Å². The molecule has 2 rings (SSSR count). The van der Waals surface area contributed by atoms with Gasteiger partial charge in [0.05, 0.1) is 15.6 Å². The van der Waals surface area contributed by atoms with Gasteiger partial charge in [0.25, 0.3) is 0 Å². The van der Waals surface area contributed by atoms with Crippen LogP contribution < -0.4 is 0 Å². The van der Waals surface area contributed by atoms with Gasteiger partial charge in [-0.05, 0) is 46.4 Å². The van der Waals surface area contributed by atoms with E-state index in [1.165, 1.54) is 0 Å². The summed E-state index contributed by atoms with van der Waals surface area (Å²) in [5, 5.41) is 10.3. The number of nitrogens with zero attached hydrogens (tertiary/aromatic N) is 2. The third-order valence-electron chi connectivity index (χ3n) is 2.45. The van der Waals surface area contributed by atoms with Crippen LogP contribution >= 0.6 is 45.8 Å². The molecule has 0 aliphatic carbocycles. The van der Waals surface area contributed by atoms with Crippen LogP contribution in [0.2, 0.25) is 5.02 Å². The lowest BCUT2D eigenvalue weighted by atomic mass is 10.1. The van der Waals surface area contributed by atoms with Crippen LogP contribution in [0.25, 0.3) is 10.6 Å². The summed E-state index contributed by atoms with van der Waals surface area (Å²) in [5.74, 6) is 0. The van der Waals surface area contributed by atoms with Crippen LogP contribution in [0.15, 0.2) is 42.7 Å². The number of hydrogen-bond donors (Lipinski definition) is 0. The third kappa shape index (κ3) is 3.27.